The van der Waals surface area contributed by atoms with Crippen LogP contribution in [0.2, 0.25) is 0 Å². The highest BCUT2D eigenvalue weighted by Gasteiger charge is 2.19. The molecule has 2 aromatic rings. The van der Waals surface area contributed by atoms with Crippen molar-refractivity contribution >= 4 is 15.9 Å². The predicted molar refractivity (Wildman–Crippen MR) is 77.3 cm³/mol. The van der Waals surface area contributed by atoms with Gasteiger partial charge in [-0.1, -0.05) is 24.3 Å². The van der Waals surface area contributed by atoms with Gasteiger partial charge in [0, 0.05) is 5.56 Å². The van der Waals surface area contributed by atoms with Crippen molar-refractivity contribution in [3.63, 3.8) is 0 Å². The van der Waals surface area contributed by atoms with Crippen LogP contribution < -0.4 is 8.92 Å². The average Bonchev–Trinajstić information content (AvgIpc) is 2.47. The number of para-hydroxylation sites is 2. The van der Waals surface area contributed by atoms with Crippen molar-refractivity contribution in [1.82, 2.24) is 0 Å². The second kappa shape index (κ2) is 5.97. The quantitative estimate of drug-likeness (QED) is 0.627. The summed E-state index contributed by atoms with van der Waals surface area (Å²) in [6.07, 6.45) is 0. The lowest BCUT2D eigenvalue weighted by Crippen LogP contribution is -2.10. The number of Topliss-reactive ketones (excluding diaryl/α,β-unsaturated/α-hetero) is 1. The van der Waals surface area contributed by atoms with E-state index in [9.17, 15) is 13.2 Å². The van der Waals surface area contributed by atoms with E-state index in [1.165, 1.54) is 44.4 Å². The Balaban J connectivity index is 2.32. The molecule has 0 heterocycles. The first-order valence-electron chi connectivity index (χ1n) is 6.12. The van der Waals surface area contributed by atoms with Gasteiger partial charge in [0.05, 0.1) is 7.11 Å². The molecule has 0 fully saturated rings. The first-order chi connectivity index (χ1) is 9.94. The number of rotatable bonds is 5. The van der Waals surface area contributed by atoms with Crippen LogP contribution in [-0.4, -0.2) is 21.3 Å². The van der Waals surface area contributed by atoms with Gasteiger partial charge in [0.1, 0.15) is 4.90 Å². The van der Waals surface area contributed by atoms with Crippen molar-refractivity contribution < 1.29 is 22.1 Å². The molecule has 2 aromatic carbocycles. The highest BCUT2D eigenvalue weighted by Crippen LogP contribution is 2.29. The Morgan fingerprint density at radius 1 is 0.952 bits per heavy atom. The van der Waals surface area contributed by atoms with Crippen LogP contribution >= 0.6 is 0 Å². The molecular formula is C15H14O5S. The summed E-state index contributed by atoms with van der Waals surface area (Å²) in [5.74, 6) is 0.293. The van der Waals surface area contributed by atoms with Gasteiger partial charge in [-0.15, -0.1) is 0 Å². The molecule has 110 valence electrons. The first-order valence-corrected chi connectivity index (χ1v) is 7.53. The number of methoxy groups -OCH3 is 1. The summed E-state index contributed by atoms with van der Waals surface area (Å²) in [6, 6.07) is 12.0. The minimum absolute atomic E-state index is 0.0293. The molecule has 0 radical (unpaired) electrons. The van der Waals surface area contributed by atoms with Gasteiger partial charge in [0.25, 0.3) is 0 Å². The van der Waals surface area contributed by atoms with Gasteiger partial charge in [-0.3, -0.25) is 4.79 Å². The SMILES string of the molecule is COc1ccccc1OS(=O)(=O)c1ccc(C(C)=O)cc1. The monoisotopic (exact) mass is 306 g/mol. The molecule has 0 aliphatic carbocycles. The van der Waals surface area contributed by atoms with Gasteiger partial charge in [0.2, 0.25) is 0 Å². The number of benzene rings is 2. The van der Waals surface area contributed by atoms with Gasteiger partial charge in [-0.05, 0) is 31.2 Å². The van der Waals surface area contributed by atoms with Crippen molar-refractivity contribution in [2.75, 3.05) is 7.11 Å². The van der Waals surface area contributed by atoms with Crippen molar-refractivity contribution in [2.24, 2.45) is 0 Å². The van der Waals surface area contributed by atoms with Gasteiger partial charge in [-0.25, -0.2) is 0 Å². The van der Waals surface area contributed by atoms with E-state index >= 15 is 0 Å². The molecule has 0 bridgehead atoms. The molecule has 0 aliphatic rings. The lowest BCUT2D eigenvalue weighted by Gasteiger charge is -2.10. The number of ether oxygens (including phenoxy) is 1. The van der Waals surface area contributed by atoms with Crippen LogP contribution in [-0.2, 0) is 10.1 Å². The van der Waals surface area contributed by atoms with Crippen LogP contribution in [0, 0.1) is 0 Å². The smallest absolute Gasteiger partial charge is 0.339 e. The minimum atomic E-state index is -3.98. The number of carbonyl (C=O) groups is 1. The maximum absolute atomic E-state index is 12.2. The highest BCUT2D eigenvalue weighted by molar-refractivity contribution is 7.87. The lowest BCUT2D eigenvalue weighted by atomic mass is 10.2. The second-order valence-corrected chi connectivity index (χ2v) is 5.82. The summed E-state index contributed by atoms with van der Waals surface area (Å²) in [6.45, 7) is 1.41. The summed E-state index contributed by atoms with van der Waals surface area (Å²) in [5.41, 5.74) is 0.436. The molecule has 5 nitrogen and oxygen atoms in total. The second-order valence-electron chi connectivity index (χ2n) is 4.27. The Morgan fingerprint density at radius 3 is 2.05 bits per heavy atom. The van der Waals surface area contributed by atoms with Crippen LogP contribution in [0.25, 0.3) is 0 Å². The van der Waals surface area contributed by atoms with Crippen molar-refractivity contribution in [1.29, 1.82) is 0 Å². The molecule has 0 atom stereocenters. The van der Waals surface area contributed by atoms with E-state index < -0.39 is 10.1 Å². The predicted octanol–water partition coefficient (Wildman–Crippen LogP) is 2.67. The van der Waals surface area contributed by atoms with E-state index in [1.54, 1.807) is 18.2 Å². The van der Waals surface area contributed by atoms with Crippen molar-refractivity contribution in [3.8, 4) is 11.5 Å². The zero-order valence-electron chi connectivity index (χ0n) is 11.6. The molecule has 0 spiro atoms. The lowest BCUT2D eigenvalue weighted by molar-refractivity contribution is 0.101. The Morgan fingerprint density at radius 2 is 1.52 bits per heavy atom. The average molecular weight is 306 g/mol. The minimum Gasteiger partial charge on any atom is -0.493 e. The Bertz CT molecular complexity index is 748. The molecule has 0 aromatic heterocycles. The van der Waals surface area contributed by atoms with Gasteiger partial charge >= 0.3 is 10.1 Å². The fourth-order valence-electron chi connectivity index (χ4n) is 1.71. The molecule has 0 saturated heterocycles. The van der Waals surface area contributed by atoms with E-state index in [1.807, 2.05) is 0 Å². The molecule has 0 unspecified atom stereocenters. The van der Waals surface area contributed by atoms with Crippen LogP contribution in [0.1, 0.15) is 17.3 Å². The zero-order chi connectivity index (χ0) is 15.5. The summed E-state index contributed by atoms with van der Waals surface area (Å²) in [7, 11) is -2.55. The third kappa shape index (κ3) is 3.41. The van der Waals surface area contributed by atoms with E-state index in [0.717, 1.165) is 0 Å². The summed E-state index contributed by atoms with van der Waals surface area (Å²) >= 11 is 0. The van der Waals surface area contributed by atoms with Gasteiger partial charge < -0.3 is 8.92 Å². The number of ketones is 1. The first kappa shape index (κ1) is 15.1. The fraction of sp³-hybridized carbons (Fsp3) is 0.133. The molecule has 0 aliphatic heterocycles. The summed E-state index contributed by atoms with van der Waals surface area (Å²) < 4.78 is 34.5. The van der Waals surface area contributed by atoms with E-state index in [0.29, 0.717) is 11.3 Å². The molecule has 0 saturated carbocycles. The zero-order valence-corrected chi connectivity index (χ0v) is 12.4. The maximum Gasteiger partial charge on any atom is 0.339 e. The van der Waals surface area contributed by atoms with Crippen LogP contribution in [0.3, 0.4) is 0 Å². The van der Waals surface area contributed by atoms with Crippen LogP contribution in [0.15, 0.2) is 53.4 Å². The molecule has 21 heavy (non-hydrogen) atoms. The molecule has 6 heteroatoms. The Hall–Kier alpha value is -2.34. The fourth-order valence-corrected chi connectivity index (χ4v) is 2.65. The van der Waals surface area contributed by atoms with Crippen LogP contribution in [0.4, 0.5) is 0 Å². The molecule has 0 N–H and O–H groups in total. The molecule has 0 amide bonds. The Kier molecular flexibility index (Phi) is 4.28. The van der Waals surface area contributed by atoms with Gasteiger partial charge in [0.15, 0.2) is 17.3 Å². The number of hydrogen-bond acceptors (Lipinski definition) is 5. The largest absolute Gasteiger partial charge is 0.493 e. The maximum atomic E-state index is 12.2. The molecule has 2 rings (SSSR count). The van der Waals surface area contributed by atoms with E-state index in [-0.39, 0.29) is 16.4 Å². The van der Waals surface area contributed by atoms with Gasteiger partial charge in [-0.2, -0.15) is 8.42 Å². The highest BCUT2D eigenvalue weighted by atomic mass is 32.2. The third-order valence-electron chi connectivity index (χ3n) is 2.82. The standard InChI is InChI=1S/C15H14O5S/c1-11(16)12-7-9-13(10-8-12)21(17,18)20-15-6-4-3-5-14(15)19-2/h3-10H,1-2H3. The summed E-state index contributed by atoms with van der Waals surface area (Å²) in [4.78, 5) is 11.2. The summed E-state index contributed by atoms with van der Waals surface area (Å²) in [5, 5.41) is 0. The normalized spacial score (nSPS) is 11.0. The van der Waals surface area contributed by atoms with Crippen molar-refractivity contribution in [3.05, 3.63) is 54.1 Å². The topological polar surface area (TPSA) is 69.7 Å². The van der Waals surface area contributed by atoms with Crippen molar-refractivity contribution in [2.45, 2.75) is 11.8 Å². The number of hydrogen-bond donors (Lipinski definition) is 0. The Labute approximate surface area is 123 Å². The molecular weight excluding hydrogens is 292 g/mol. The third-order valence-corrected chi connectivity index (χ3v) is 4.07. The number of carbonyl (C=O) groups excluding carboxylic acids is 1. The van der Waals surface area contributed by atoms with E-state index in [2.05, 4.69) is 0 Å². The van der Waals surface area contributed by atoms with E-state index in [4.69, 9.17) is 8.92 Å². The van der Waals surface area contributed by atoms with Crippen LogP contribution in [0.5, 0.6) is 11.5 Å².